The number of ether oxygens (including phenoxy) is 2. The van der Waals surface area contributed by atoms with Crippen molar-refractivity contribution in [2.45, 2.75) is 26.3 Å². The number of sulfonamides is 1. The maximum atomic E-state index is 12.5. The van der Waals surface area contributed by atoms with Crippen LogP contribution < -0.4 is 14.9 Å². The molecule has 3 rings (SSSR count). The number of benzene rings is 1. The maximum Gasteiger partial charge on any atom is 0.338 e. The quantitative estimate of drug-likeness (QED) is 0.632. The number of rotatable bonds is 6. The minimum Gasteiger partial charge on any atom is -0.463 e. The molecule has 1 saturated heterocycles. The van der Waals surface area contributed by atoms with E-state index in [-0.39, 0.29) is 35.8 Å². The van der Waals surface area contributed by atoms with Crippen molar-refractivity contribution in [1.82, 2.24) is 10.6 Å². The summed E-state index contributed by atoms with van der Waals surface area (Å²) in [7, 11) is -3.38. The van der Waals surface area contributed by atoms with Crippen LogP contribution in [0, 0.1) is 0 Å². The van der Waals surface area contributed by atoms with Gasteiger partial charge in [-0.15, -0.1) is 0 Å². The van der Waals surface area contributed by atoms with Crippen LogP contribution >= 0.6 is 0 Å². The smallest absolute Gasteiger partial charge is 0.338 e. The summed E-state index contributed by atoms with van der Waals surface area (Å²) in [5, 5.41) is 5.03. The van der Waals surface area contributed by atoms with Crippen LogP contribution in [0.4, 0.5) is 10.5 Å². The Hall–Kier alpha value is -3.08. The standard InChI is InChI=1S/C19H23N3O7S/c1-3-28-18(24)16-12(2)20-19(25)21-15(16)11-29-17(23)13-6-4-7-14(10-13)22-8-5-9-30(22,26)27/h4,6-7,10,12H,3,5,8-9,11H2,1-2H3,(H2,20,21,25). The fourth-order valence-corrected chi connectivity index (χ4v) is 4.89. The topological polar surface area (TPSA) is 131 Å². The fourth-order valence-electron chi connectivity index (χ4n) is 3.33. The third-order valence-electron chi connectivity index (χ3n) is 4.68. The monoisotopic (exact) mass is 437 g/mol. The Balaban J connectivity index is 1.77. The van der Waals surface area contributed by atoms with E-state index in [9.17, 15) is 22.8 Å². The lowest BCUT2D eigenvalue weighted by Gasteiger charge is -2.26. The largest absolute Gasteiger partial charge is 0.463 e. The zero-order valence-corrected chi connectivity index (χ0v) is 17.5. The molecule has 0 aliphatic carbocycles. The Morgan fingerprint density at radius 1 is 1.23 bits per heavy atom. The molecule has 0 spiro atoms. The van der Waals surface area contributed by atoms with Gasteiger partial charge in [0.05, 0.1) is 40.9 Å². The minimum atomic E-state index is -3.38. The first kappa shape index (κ1) is 21.6. The number of anilines is 1. The second kappa shape index (κ2) is 8.74. The maximum absolute atomic E-state index is 12.5. The van der Waals surface area contributed by atoms with Gasteiger partial charge in [0.15, 0.2) is 0 Å². The van der Waals surface area contributed by atoms with Crippen LogP contribution in [0.1, 0.15) is 30.6 Å². The zero-order valence-electron chi connectivity index (χ0n) is 16.6. The normalized spacial score (nSPS) is 20.4. The third kappa shape index (κ3) is 4.56. The molecular formula is C19H23N3O7S. The van der Waals surface area contributed by atoms with Crippen LogP contribution in [0.2, 0.25) is 0 Å². The highest BCUT2D eigenvalue weighted by Crippen LogP contribution is 2.25. The first-order chi connectivity index (χ1) is 14.2. The molecule has 0 bridgehead atoms. The van der Waals surface area contributed by atoms with Gasteiger partial charge in [-0.25, -0.2) is 22.8 Å². The first-order valence-electron chi connectivity index (χ1n) is 9.48. The number of amides is 2. The summed E-state index contributed by atoms with van der Waals surface area (Å²) in [6, 6.07) is 4.97. The van der Waals surface area contributed by atoms with Crippen molar-refractivity contribution >= 4 is 33.7 Å². The van der Waals surface area contributed by atoms with Gasteiger partial charge in [-0.2, -0.15) is 0 Å². The number of nitrogens with zero attached hydrogens (tertiary/aromatic N) is 1. The molecule has 0 saturated carbocycles. The summed E-state index contributed by atoms with van der Waals surface area (Å²) in [5.41, 5.74) is 0.843. The Bertz CT molecular complexity index is 1000. The summed E-state index contributed by atoms with van der Waals surface area (Å²) in [6.07, 6.45) is 0.522. The molecule has 11 heteroatoms. The summed E-state index contributed by atoms with van der Waals surface area (Å²) >= 11 is 0. The van der Waals surface area contributed by atoms with Gasteiger partial charge in [0.2, 0.25) is 10.0 Å². The molecule has 1 aromatic carbocycles. The van der Waals surface area contributed by atoms with E-state index in [4.69, 9.17) is 9.47 Å². The van der Waals surface area contributed by atoms with E-state index in [0.29, 0.717) is 18.7 Å². The minimum absolute atomic E-state index is 0.0678. The molecule has 2 aliphatic rings. The number of hydrogen-bond donors (Lipinski definition) is 2. The lowest BCUT2D eigenvalue weighted by atomic mass is 10.0. The van der Waals surface area contributed by atoms with E-state index in [0.717, 1.165) is 0 Å². The predicted octanol–water partition coefficient (Wildman–Crippen LogP) is 0.902. The summed E-state index contributed by atoms with van der Waals surface area (Å²) in [5.74, 6) is -1.27. The number of urea groups is 1. The highest BCUT2D eigenvalue weighted by atomic mass is 32.2. The van der Waals surface area contributed by atoms with Crippen LogP contribution in [-0.2, 0) is 24.3 Å². The lowest BCUT2D eigenvalue weighted by Crippen LogP contribution is -2.50. The number of hydrogen-bond acceptors (Lipinski definition) is 7. The molecule has 2 amide bonds. The van der Waals surface area contributed by atoms with E-state index in [1.165, 1.54) is 16.4 Å². The van der Waals surface area contributed by atoms with Gasteiger partial charge in [0.25, 0.3) is 0 Å². The Labute approximate surface area is 174 Å². The summed E-state index contributed by atoms with van der Waals surface area (Å²) < 4.78 is 35.8. The molecular weight excluding hydrogens is 414 g/mol. The highest BCUT2D eigenvalue weighted by Gasteiger charge is 2.31. The predicted molar refractivity (Wildman–Crippen MR) is 107 cm³/mol. The van der Waals surface area contributed by atoms with Crippen LogP contribution in [-0.4, -0.2) is 57.9 Å². The number of esters is 2. The van der Waals surface area contributed by atoms with Crippen LogP contribution in [0.3, 0.4) is 0 Å². The molecule has 1 aromatic rings. The molecule has 162 valence electrons. The SMILES string of the molecule is CCOC(=O)C1=C(COC(=O)c2cccc(N3CCCS3(=O)=O)c2)NC(=O)NC1C. The lowest BCUT2D eigenvalue weighted by molar-refractivity contribution is -0.139. The van der Waals surface area contributed by atoms with E-state index in [1.807, 2.05) is 0 Å². The van der Waals surface area contributed by atoms with Crippen molar-refractivity contribution in [1.29, 1.82) is 0 Å². The van der Waals surface area contributed by atoms with Crippen molar-refractivity contribution in [3.8, 4) is 0 Å². The van der Waals surface area contributed by atoms with Crippen molar-refractivity contribution in [3.05, 3.63) is 41.1 Å². The average Bonchev–Trinajstić information content (AvgIpc) is 3.04. The molecule has 1 unspecified atom stereocenters. The van der Waals surface area contributed by atoms with Crippen LogP contribution in [0.25, 0.3) is 0 Å². The number of nitrogens with one attached hydrogen (secondary N) is 2. The van der Waals surface area contributed by atoms with Gasteiger partial charge < -0.3 is 20.1 Å². The zero-order chi connectivity index (χ0) is 21.9. The molecule has 0 aromatic heterocycles. The van der Waals surface area contributed by atoms with Crippen molar-refractivity contribution in [2.75, 3.05) is 29.8 Å². The molecule has 1 fully saturated rings. The average molecular weight is 437 g/mol. The Morgan fingerprint density at radius 3 is 2.67 bits per heavy atom. The van der Waals surface area contributed by atoms with Crippen molar-refractivity contribution < 1.29 is 32.3 Å². The molecule has 0 radical (unpaired) electrons. The second-order valence-corrected chi connectivity index (χ2v) is 8.81. The van der Waals surface area contributed by atoms with Gasteiger partial charge in [-0.1, -0.05) is 6.07 Å². The highest BCUT2D eigenvalue weighted by molar-refractivity contribution is 7.93. The number of carbonyl (C=O) groups excluding carboxylic acids is 3. The van der Waals surface area contributed by atoms with E-state index >= 15 is 0 Å². The molecule has 1 atom stereocenters. The summed E-state index contributed by atoms with van der Waals surface area (Å²) in [4.78, 5) is 36.5. The summed E-state index contributed by atoms with van der Waals surface area (Å²) in [6.45, 7) is 3.44. The molecule has 2 N–H and O–H groups in total. The van der Waals surface area contributed by atoms with E-state index in [1.54, 1.807) is 26.0 Å². The first-order valence-corrected chi connectivity index (χ1v) is 11.1. The van der Waals surface area contributed by atoms with Gasteiger partial charge in [0, 0.05) is 6.54 Å². The number of carbonyl (C=O) groups is 3. The van der Waals surface area contributed by atoms with Crippen molar-refractivity contribution in [3.63, 3.8) is 0 Å². The Morgan fingerprint density at radius 2 is 2.00 bits per heavy atom. The van der Waals surface area contributed by atoms with E-state index < -0.39 is 34.0 Å². The van der Waals surface area contributed by atoms with Crippen molar-refractivity contribution in [2.24, 2.45) is 0 Å². The molecule has 2 heterocycles. The third-order valence-corrected chi connectivity index (χ3v) is 6.55. The van der Waals surface area contributed by atoms with Crippen LogP contribution in [0.15, 0.2) is 35.5 Å². The van der Waals surface area contributed by atoms with Gasteiger partial charge in [0.1, 0.15) is 6.61 Å². The van der Waals surface area contributed by atoms with E-state index in [2.05, 4.69) is 10.6 Å². The fraction of sp³-hybridized carbons (Fsp3) is 0.421. The Kier molecular flexibility index (Phi) is 6.30. The second-order valence-electron chi connectivity index (χ2n) is 6.80. The molecule has 10 nitrogen and oxygen atoms in total. The van der Waals surface area contributed by atoms with Gasteiger partial charge in [-0.3, -0.25) is 4.31 Å². The molecule has 30 heavy (non-hydrogen) atoms. The van der Waals surface area contributed by atoms with Gasteiger partial charge in [-0.05, 0) is 38.5 Å². The van der Waals surface area contributed by atoms with Gasteiger partial charge >= 0.3 is 18.0 Å². The molecule has 2 aliphatic heterocycles. The van der Waals surface area contributed by atoms with Crippen LogP contribution in [0.5, 0.6) is 0 Å².